The van der Waals surface area contributed by atoms with Crippen LogP contribution in [0.25, 0.3) is 0 Å². The molecule has 0 radical (unpaired) electrons. The summed E-state index contributed by atoms with van der Waals surface area (Å²) in [5, 5.41) is 50.1. The molecule has 13 nitrogen and oxygen atoms in total. The lowest BCUT2D eigenvalue weighted by molar-refractivity contribution is -0.220. The van der Waals surface area contributed by atoms with Crippen LogP contribution >= 0.6 is 7.82 Å². The highest BCUT2D eigenvalue weighted by Gasteiger charge is 2.51. The highest BCUT2D eigenvalue weighted by molar-refractivity contribution is 7.47. The Balaban J connectivity index is 2.49. The summed E-state index contributed by atoms with van der Waals surface area (Å²) in [5.41, 5.74) is 0. The molecule has 0 heterocycles. The molecule has 0 spiro atoms. The van der Waals surface area contributed by atoms with Crippen LogP contribution in [-0.2, 0) is 32.7 Å². The number of rotatable bonds is 37. The maximum absolute atomic E-state index is 12.8. The largest absolute Gasteiger partial charge is 0.472 e. The summed E-state index contributed by atoms with van der Waals surface area (Å²) in [5.74, 6) is -1.16. The lowest BCUT2D eigenvalue weighted by Crippen LogP contribution is -2.64. The standard InChI is InChI=1S/C47H81O13P/c1-3-5-7-9-11-13-15-17-18-19-20-21-22-24-25-27-29-31-33-35-40(48)57-37-39(38-58-61(55,56)60-47-45(53)43(51)42(50)44(52)46(47)54)59-41(49)36-34-32-30-28-26-23-16-14-12-10-8-6-4-2/h11,13,17-18,20-21,23-26,39,42-47,50-54H,3-10,12,14-16,19,22,27-38H2,1-2H3,(H,55,56)/b13-11+,18-17+,21-20+,25-24+,26-23+/t39-,42?,43-,44?,45?,46?,47?/m0/s1. The third-order valence-corrected chi connectivity index (χ3v) is 11.3. The highest BCUT2D eigenvalue weighted by Crippen LogP contribution is 2.47. The summed E-state index contributed by atoms with van der Waals surface area (Å²) in [7, 11) is -5.13. The Labute approximate surface area is 366 Å². The number of hydrogen-bond donors (Lipinski definition) is 6. The summed E-state index contributed by atoms with van der Waals surface area (Å²) in [4.78, 5) is 35.7. The van der Waals surface area contributed by atoms with Crippen LogP contribution in [-0.4, -0.2) is 98.3 Å². The molecule has 0 saturated heterocycles. The molecule has 1 rings (SSSR count). The van der Waals surface area contributed by atoms with Crippen LogP contribution in [0.15, 0.2) is 60.8 Å². The van der Waals surface area contributed by atoms with E-state index in [4.69, 9.17) is 18.5 Å². The smallest absolute Gasteiger partial charge is 0.462 e. The molecule has 352 valence electrons. The summed E-state index contributed by atoms with van der Waals surface area (Å²) in [6.07, 6.45) is 31.3. The number of allylic oxidation sites excluding steroid dienone is 10. The summed E-state index contributed by atoms with van der Waals surface area (Å²) in [6.45, 7) is 3.21. The van der Waals surface area contributed by atoms with Crippen molar-refractivity contribution in [1.29, 1.82) is 0 Å². The molecule has 0 bridgehead atoms. The fourth-order valence-electron chi connectivity index (χ4n) is 6.56. The Bertz CT molecular complexity index is 1300. The minimum atomic E-state index is -5.13. The molecule has 0 amide bonds. The molecule has 61 heavy (non-hydrogen) atoms. The SMILES string of the molecule is CCCCC/C=C/C/C=C/C/C=C/C/C=C/CCCCCC(=O)OC[C@@H](COP(=O)(O)OC1C(O)C(O)C(O)[C@H](O)C1O)OC(=O)CCCCC/C=C/CCCCCCCC. The first-order valence-electron chi connectivity index (χ1n) is 23.1. The first-order valence-corrected chi connectivity index (χ1v) is 24.6. The molecule has 0 aliphatic heterocycles. The van der Waals surface area contributed by atoms with E-state index in [9.17, 15) is 44.6 Å². The zero-order chi connectivity index (χ0) is 45.0. The quantitative estimate of drug-likeness (QED) is 0.0149. The number of aliphatic hydroxyl groups excluding tert-OH is 5. The first-order chi connectivity index (χ1) is 29.4. The second-order valence-electron chi connectivity index (χ2n) is 15.9. The number of carbonyl (C=O) groups is 2. The lowest BCUT2D eigenvalue weighted by atomic mass is 9.85. The normalized spacial score (nSPS) is 22.6. The van der Waals surface area contributed by atoms with E-state index < -0.39 is 75.7 Å². The lowest BCUT2D eigenvalue weighted by Gasteiger charge is -2.41. The van der Waals surface area contributed by atoms with Gasteiger partial charge >= 0.3 is 19.8 Å². The van der Waals surface area contributed by atoms with E-state index in [0.29, 0.717) is 12.8 Å². The molecule has 8 atom stereocenters. The number of phosphoric ester groups is 1. The minimum absolute atomic E-state index is 0.0667. The van der Waals surface area contributed by atoms with Gasteiger partial charge in [0.05, 0.1) is 6.61 Å². The zero-order valence-electron chi connectivity index (χ0n) is 37.2. The molecular formula is C47H81O13P. The third-order valence-electron chi connectivity index (χ3n) is 10.3. The van der Waals surface area contributed by atoms with E-state index in [1.807, 2.05) is 0 Å². The van der Waals surface area contributed by atoms with Gasteiger partial charge in [-0.3, -0.25) is 18.6 Å². The van der Waals surface area contributed by atoms with E-state index in [1.165, 1.54) is 57.8 Å². The van der Waals surface area contributed by atoms with Gasteiger partial charge < -0.3 is 39.9 Å². The number of aliphatic hydroxyl groups is 5. The van der Waals surface area contributed by atoms with Crippen molar-refractivity contribution in [1.82, 2.24) is 0 Å². The molecule has 0 aromatic rings. The van der Waals surface area contributed by atoms with Crippen molar-refractivity contribution in [2.75, 3.05) is 13.2 Å². The molecule has 0 aromatic heterocycles. The minimum Gasteiger partial charge on any atom is -0.462 e. The predicted octanol–water partition coefficient (Wildman–Crippen LogP) is 8.94. The van der Waals surface area contributed by atoms with E-state index in [2.05, 4.69) is 74.6 Å². The molecule has 1 aliphatic carbocycles. The number of unbranched alkanes of at least 4 members (excludes halogenated alkanes) is 15. The molecular weight excluding hydrogens is 803 g/mol. The van der Waals surface area contributed by atoms with E-state index in [1.54, 1.807) is 0 Å². The second-order valence-corrected chi connectivity index (χ2v) is 17.3. The number of carbonyl (C=O) groups excluding carboxylic acids is 2. The number of hydrogen-bond acceptors (Lipinski definition) is 12. The summed E-state index contributed by atoms with van der Waals surface area (Å²) < 4.78 is 33.5. The average molecular weight is 885 g/mol. The Kier molecular flexibility index (Phi) is 34.3. The van der Waals surface area contributed by atoms with Gasteiger partial charge in [-0.2, -0.15) is 0 Å². The maximum Gasteiger partial charge on any atom is 0.472 e. The first kappa shape index (κ1) is 56.6. The van der Waals surface area contributed by atoms with Crippen LogP contribution in [0.1, 0.15) is 168 Å². The van der Waals surface area contributed by atoms with Crippen LogP contribution in [0.4, 0.5) is 0 Å². The van der Waals surface area contributed by atoms with E-state index in [-0.39, 0.29) is 12.8 Å². The molecule has 1 aliphatic rings. The maximum atomic E-state index is 12.8. The molecule has 0 aromatic carbocycles. The topological polar surface area (TPSA) is 210 Å². The summed E-state index contributed by atoms with van der Waals surface area (Å²) >= 11 is 0. The number of esters is 2. The van der Waals surface area contributed by atoms with Gasteiger partial charge in [-0.25, -0.2) is 4.57 Å². The second kappa shape index (κ2) is 37.0. The Morgan fingerprint density at radius 1 is 0.508 bits per heavy atom. The fourth-order valence-corrected chi connectivity index (χ4v) is 7.53. The van der Waals surface area contributed by atoms with Crippen molar-refractivity contribution in [2.24, 2.45) is 0 Å². The fraction of sp³-hybridized carbons (Fsp3) is 0.745. The van der Waals surface area contributed by atoms with Gasteiger partial charge in [0.1, 0.15) is 43.2 Å². The van der Waals surface area contributed by atoms with E-state index in [0.717, 1.165) is 70.6 Å². The zero-order valence-corrected chi connectivity index (χ0v) is 38.1. The van der Waals surface area contributed by atoms with Crippen molar-refractivity contribution >= 4 is 19.8 Å². The molecule has 1 fully saturated rings. The van der Waals surface area contributed by atoms with E-state index >= 15 is 0 Å². The summed E-state index contributed by atoms with van der Waals surface area (Å²) in [6, 6.07) is 0. The van der Waals surface area contributed by atoms with Crippen molar-refractivity contribution in [3.05, 3.63) is 60.8 Å². The third kappa shape index (κ3) is 29.5. The Morgan fingerprint density at radius 2 is 0.885 bits per heavy atom. The Morgan fingerprint density at radius 3 is 1.39 bits per heavy atom. The monoisotopic (exact) mass is 885 g/mol. The van der Waals surface area contributed by atoms with Crippen LogP contribution in [0, 0.1) is 0 Å². The van der Waals surface area contributed by atoms with Gasteiger partial charge in [0.2, 0.25) is 0 Å². The average Bonchev–Trinajstić information content (AvgIpc) is 3.24. The molecule has 1 saturated carbocycles. The van der Waals surface area contributed by atoms with Crippen LogP contribution < -0.4 is 0 Å². The van der Waals surface area contributed by atoms with Crippen molar-refractivity contribution in [2.45, 2.75) is 211 Å². The van der Waals surface area contributed by atoms with Crippen molar-refractivity contribution < 1.29 is 63.1 Å². The molecule has 14 heteroatoms. The Hall–Kier alpha value is -2.45. The van der Waals surface area contributed by atoms with Crippen LogP contribution in [0.2, 0.25) is 0 Å². The van der Waals surface area contributed by atoms with Gasteiger partial charge in [0, 0.05) is 12.8 Å². The van der Waals surface area contributed by atoms with Gasteiger partial charge in [-0.1, -0.05) is 132 Å². The van der Waals surface area contributed by atoms with Crippen LogP contribution in [0.5, 0.6) is 0 Å². The van der Waals surface area contributed by atoms with Gasteiger partial charge in [0.15, 0.2) is 6.10 Å². The van der Waals surface area contributed by atoms with Crippen molar-refractivity contribution in [3.8, 4) is 0 Å². The number of ether oxygens (including phenoxy) is 2. The van der Waals surface area contributed by atoms with Crippen molar-refractivity contribution in [3.63, 3.8) is 0 Å². The number of phosphoric acid groups is 1. The molecule has 6 N–H and O–H groups in total. The van der Waals surface area contributed by atoms with Gasteiger partial charge in [-0.05, 0) is 83.5 Å². The predicted molar refractivity (Wildman–Crippen MR) is 239 cm³/mol. The van der Waals surface area contributed by atoms with Gasteiger partial charge in [-0.15, -0.1) is 0 Å². The van der Waals surface area contributed by atoms with Crippen LogP contribution in [0.3, 0.4) is 0 Å². The molecule has 6 unspecified atom stereocenters. The van der Waals surface area contributed by atoms with Gasteiger partial charge in [0.25, 0.3) is 0 Å². The highest BCUT2D eigenvalue weighted by atomic mass is 31.2.